The summed E-state index contributed by atoms with van der Waals surface area (Å²) < 4.78 is 0. The van der Waals surface area contributed by atoms with Crippen LogP contribution in [0.4, 0.5) is 0 Å². The minimum atomic E-state index is -0.241. The van der Waals surface area contributed by atoms with Crippen LogP contribution in [0.3, 0.4) is 0 Å². The topological polar surface area (TPSA) is 39.1 Å². The number of hydrogen-bond donors (Lipinski definition) is 1. The predicted molar refractivity (Wildman–Crippen MR) is 76.8 cm³/mol. The zero-order valence-corrected chi connectivity index (χ0v) is 12.0. The fourth-order valence-electron chi connectivity index (χ4n) is 4.42. The van der Waals surface area contributed by atoms with Crippen LogP contribution in [0.5, 0.6) is 0 Å². The van der Waals surface area contributed by atoms with Gasteiger partial charge >= 0.3 is 0 Å². The van der Waals surface area contributed by atoms with E-state index in [4.69, 9.17) is 0 Å². The first-order chi connectivity index (χ1) is 9.34. The van der Waals surface area contributed by atoms with Gasteiger partial charge in [0.15, 0.2) is 0 Å². The van der Waals surface area contributed by atoms with Crippen LogP contribution in [-0.2, 0) is 0 Å². The Morgan fingerprint density at radius 2 is 1.68 bits per heavy atom. The van der Waals surface area contributed by atoms with Crippen LogP contribution in [-0.4, -0.2) is 35.6 Å². The van der Waals surface area contributed by atoms with E-state index in [-0.39, 0.29) is 5.54 Å². The molecular formula is C16H27N3. The lowest BCUT2D eigenvalue weighted by Gasteiger charge is -2.39. The van der Waals surface area contributed by atoms with Crippen molar-refractivity contribution in [3.05, 3.63) is 0 Å². The second-order valence-corrected chi connectivity index (χ2v) is 6.71. The first-order valence-corrected chi connectivity index (χ1v) is 8.27. The number of fused-ring (bicyclic) bond motifs is 1. The standard InChI is InChI=1S/C16H27N3/c17-13-16(18-14-7-3-1-2-4-8-14)10-12-19-11-6-5-9-15(16)19/h14-15,18H,1-12H2. The first-order valence-electron chi connectivity index (χ1n) is 8.27. The van der Waals surface area contributed by atoms with Crippen molar-refractivity contribution in [3.8, 4) is 6.07 Å². The Balaban J connectivity index is 1.70. The largest absolute Gasteiger partial charge is 0.297 e. The molecule has 2 aliphatic heterocycles. The summed E-state index contributed by atoms with van der Waals surface area (Å²) in [5, 5.41) is 13.6. The highest BCUT2D eigenvalue weighted by Crippen LogP contribution is 2.36. The van der Waals surface area contributed by atoms with Gasteiger partial charge in [-0.25, -0.2) is 0 Å². The van der Waals surface area contributed by atoms with E-state index in [0.717, 1.165) is 13.0 Å². The zero-order valence-electron chi connectivity index (χ0n) is 12.0. The molecule has 1 aliphatic carbocycles. The average Bonchev–Trinajstić information content (AvgIpc) is 2.63. The van der Waals surface area contributed by atoms with E-state index in [1.54, 1.807) is 0 Å². The van der Waals surface area contributed by atoms with Gasteiger partial charge in [-0.3, -0.25) is 10.2 Å². The molecule has 0 aromatic carbocycles. The maximum absolute atomic E-state index is 9.82. The molecule has 3 fully saturated rings. The van der Waals surface area contributed by atoms with E-state index >= 15 is 0 Å². The van der Waals surface area contributed by atoms with Crippen LogP contribution in [0, 0.1) is 11.3 Å². The molecule has 1 saturated carbocycles. The number of nitriles is 1. The van der Waals surface area contributed by atoms with E-state index < -0.39 is 0 Å². The summed E-state index contributed by atoms with van der Waals surface area (Å²) in [6.07, 6.45) is 12.9. The average molecular weight is 261 g/mol. The van der Waals surface area contributed by atoms with E-state index in [2.05, 4.69) is 16.3 Å². The van der Waals surface area contributed by atoms with Gasteiger partial charge in [0.25, 0.3) is 0 Å². The molecule has 0 aromatic heterocycles. The lowest BCUT2D eigenvalue weighted by Crippen LogP contribution is -2.58. The minimum Gasteiger partial charge on any atom is -0.297 e. The van der Waals surface area contributed by atoms with E-state index in [1.807, 2.05) is 0 Å². The molecule has 3 heteroatoms. The molecule has 2 heterocycles. The van der Waals surface area contributed by atoms with Crippen molar-refractivity contribution < 1.29 is 0 Å². The lowest BCUT2D eigenvalue weighted by atomic mass is 9.85. The third-order valence-electron chi connectivity index (χ3n) is 5.49. The quantitative estimate of drug-likeness (QED) is 0.777. The Bertz CT molecular complexity index is 340. The molecule has 106 valence electrons. The lowest BCUT2D eigenvalue weighted by molar-refractivity contribution is 0.152. The van der Waals surface area contributed by atoms with E-state index in [9.17, 15) is 5.26 Å². The van der Waals surface area contributed by atoms with Crippen molar-refractivity contribution in [2.75, 3.05) is 13.1 Å². The normalized spacial score (nSPS) is 37.5. The molecule has 2 saturated heterocycles. The van der Waals surface area contributed by atoms with Crippen molar-refractivity contribution in [1.29, 1.82) is 5.26 Å². The number of nitrogens with zero attached hydrogens (tertiary/aromatic N) is 2. The predicted octanol–water partition coefficient (Wildman–Crippen LogP) is 2.82. The molecule has 0 amide bonds. The smallest absolute Gasteiger partial charge is 0.123 e. The molecular weight excluding hydrogens is 234 g/mol. The van der Waals surface area contributed by atoms with Crippen LogP contribution in [0.2, 0.25) is 0 Å². The molecule has 0 spiro atoms. The highest BCUT2D eigenvalue weighted by Gasteiger charge is 2.49. The molecule has 0 bridgehead atoms. The Hall–Kier alpha value is -0.590. The highest BCUT2D eigenvalue weighted by molar-refractivity contribution is 5.19. The maximum atomic E-state index is 9.82. The summed E-state index contributed by atoms with van der Waals surface area (Å²) in [7, 11) is 0. The summed E-state index contributed by atoms with van der Waals surface area (Å²) in [4.78, 5) is 2.57. The van der Waals surface area contributed by atoms with Gasteiger partial charge in [-0.05, 0) is 38.6 Å². The number of nitrogens with one attached hydrogen (secondary N) is 1. The summed E-state index contributed by atoms with van der Waals surface area (Å²) in [5.74, 6) is 0. The van der Waals surface area contributed by atoms with Gasteiger partial charge < -0.3 is 0 Å². The van der Waals surface area contributed by atoms with Crippen LogP contribution < -0.4 is 5.32 Å². The van der Waals surface area contributed by atoms with Gasteiger partial charge in [-0.15, -0.1) is 0 Å². The van der Waals surface area contributed by atoms with Crippen LogP contribution in [0.1, 0.15) is 64.2 Å². The first kappa shape index (κ1) is 13.4. The fraction of sp³-hybridized carbons (Fsp3) is 0.938. The fourth-order valence-corrected chi connectivity index (χ4v) is 4.42. The highest BCUT2D eigenvalue weighted by atomic mass is 15.3. The van der Waals surface area contributed by atoms with Crippen molar-refractivity contribution in [2.45, 2.75) is 81.8 Å². The Kier molecular flexibility index (Phi) is 4.10. The number of rotatable bonds is 2. The minimum absolute atomic E-state index is 0.241. The van der Waals surface area contributed by atoms with Gasteiger partial charge in [0.2, 0.25) is 0 Å². The van der Waals surface area contributed by atoms with Gasteiger partial charge in [0.05, 0.1) is 6.07 Å². The van der Waals surface area contributed by atoms with Crippen LogP contribution in [0.25, 0.3) is 0 Å². The SMILES string of the molecule is N#CC1(NC2CCCCCC2)CCN2CCCCC21. The van der Waals surface area contributed by atoms with Crippen LogP contribution in [0.15, 0.2) is 0 Å². The Labute approximate surface area is 117 Å². The molecule has 1 N–H and O–H groups in total. The van der Waals surface area contributed by atoms with Crippen molar-refractivity contribution in [1.82, 2.24) is 10.2 Å². The van der Waals surface area contributed by atoms with Crippen LogP contribution >= 0.6 is 0 Å². The number of hydrogen-bond acceptors (Lipinski definition) is 3. The van der Waals surface area contributed by atoms with Gasteiger partial charge in [0.1, 0.15) is 5.54 Å². The molecule has 0 radical (unpaired) electrons. The van der Waals surface area contributed by atoms with Gasteiger partial charge in [-0.2, -0.15) is 5.26 Å². The Morgan fingerprint density at radius 3 is 2.42 bits per heavy atom. The third kappa shape index (κ3) is 2.66. The molecule has 19 heavy (non-hydrogen) atoms. The second-order valence-electron chi connectivity index (χ2n) is 6.71. The van der Waals surface area contributed by atoms with Gasteiger partial charge in [0, 0.05) is 18.6 Å². The van der Waals surface area contributed by atoms with E-state index in [0.29, 0.717) is 12.1 Å². The van der Waals surface area contributed by atoms with E-state index in [1.165, 1.54) is 64.3 Å². The molecule has 2 atom stereocenters. The summed E-state index contributed by atoms with van der Waals surface area (Å²) in [5.41, 5.74) is -0.241. The number of piperidine rings is 1. The van der Waals surface area contributed by atoms with Crippen molar-refractivity contribution in [2.24, 2.45) is 0 Å². The molecule has 2 unspecified atom stereocenters. The molecule has 3 rings (SSSR count). The summed E-state index contributed by atoms with van der Waals surface area (Å²) in [6.45, 7) is 2.33. The monoisotopic (exact) mass is 261 g/mol. The summed E-state index contributed by atoms with van der Waals surface area (Å²) in [6, 6.07) is 3.76. The van der Waals surface area contributed by atoms with Crippen molar-refractivity contribution >= 4 is 0 Å². The Morgan fingerprint density at radius 1 is 0.947 bits per heavy atom. The maximum Gasteiger partial charge on any atom is 0.123 e. The third-order valence-corrected chi connectivity index (χ3v) is 5.49. The second kappa shape index (κ2) is 5.81. The van der Waals surface area contributed by atoms with Crippen molar-refractivity contribution in [3.63, 3.8) is 0 Å². The molecule has 3 aliphatic rings. The van der Waals surface area contributed by atoms with Gasteiger partial charge in [-0.1, -0.05) is 32.1 Å². The molecule has 3 nitrogen and oxygen atoms in total. The molecule has 0 aromatic rings. The zero-order chi connectivity index (χ0) is 13.1. The summed E-state index contributed by atoms with van der Waals surface area (Å²) >= 11 is 0.